The molecule has 0 aliphatic rings. The molecule has 2 N–H and O–H groups in total. The summed E-state index contributed by atoms with van der Waals surface area (Å²) in [6.07, 6.45) is 3.51. The van der Waals surface area contributed by atoms with Gasteiger partial charge in [-0.05, 0) is 0 Å². The van der Waals surface area contributed by atoms with Crippen molar-refractivity contribution in [1.82, 2.24) is 10.2 Å². The summed E-state index contributed by atoms with van der Waals surface area (Å²) >= 11 is 0. The van der Waals surface area contributed by atoms with E-state index in [1.807, 2.05) is 7.05 Å². The molecule has 0 bridgehead atoms. The highest BCUT2D eigenvalue weighted by atomic mass is 15.1. The Morgan fingerprint density at radius 1 is 1.86 bits per heavy atom. The average molecular weight is 97.1 g/mol. The van der Waals surface area contributed by atoms with E-state index in [-0.39, 0.29) is 0 Å². The molecule has 0 aromatic carbocycles. The molecular formula is C4H7N3. The zero-order chi connectivity index (χ0) is 5.11. The number of aromatic nitrogens is 2. The van der Waals surface area contributed by atoms with Crippen molar-refractivity contribution in [2.75, 3.05) is 12.4 Å². The van der Waals surface area contributed by atoms with Crippen LogP contribution in [-0.4, -0.2) is 17.2 Å². The van der Waals surface area contributed by atoms with Crippen LogP contribution in [0.2, 0.25) is 0 Å². The fraction of sp³-hybridized carbons (Fsp3) is 0.250. The summed E-state index contributed by atoms with van der Waals surface area (Å²) in [5.41, 5.74) is 1.01. The number of nitrogens with one attached hydrogen (secondary N) is 2. The Bertz CT molecular complexity index is 121. The summed E-state index contributed by atoms with van der Waals surface area (Å²) < 4.78 is 0. The second-order valence-corrected chi connectivity index (χ2v) is 1.24. The first kappa shape index (κ1) is 4.18. The van der Waals surface area contributed by atoms with Crippen molar-refractivity contribution in [1.29, 1.82) is 0 Å². The molecule has 1 aromatic rings. The number of H-pyrrole nitrogens is 1. The van der Waals surface area contributed by atoms with Crippen molar-refractivity contribution in [3.63, 3.8) is 0 Å². The monoisotopic (exact) mass is 97.1 g/mol. The van der Waals surface area contributed by atoms with Gasteiger partial charge in [0.25, 0.3) is 0 Å². The Hall–Kier alpha value is -0.990. The quantitative estimate of drug-likeness (QED) is 0.534. The Morgan fingerprint density at radius 3 is 3.00 bits per heavy atom. The summed E-state index contributed by atoms with van der Waals surface area (Å²) in [5.74, 6) is 0. The highest BCUT2D eigenvalue weighted by Crippen LogP contribution is 1.96. The van der Waals surface area contributed by atoms with Gasteiger partial charge < -0.3 is 5.32 Å². The molecular weight excluding hydrogens is 90.1 g/mol. The molecule has 1 heterocycles. The third-order valence-corrected chi connectivity index (χ3v) is 0.787. The Morgan fingerprint density at radius 2 is 2.71 bits per heavy atom. The molecule has 7 heavy (non-hydrogen) atoms. The van der Waals surface area contributed by atoms with Crippen molar-refractivity contribution in [2.45, 2.75) is 0 Å². The molecule has 0 aliphatic carbocycles. The van der Waals surface area contributed by atoms with Gasteiger partial charge in [0, 0.05) is 13.2 Å². The van der Waals surface area contributed by atoms with E-state index in [1.165, 1.54) is 0 Å². The van der Waals surface area contributed by atoms with E-state index in [2.05, 4.69) is 15.5 Å². The van der Waals surface area contributed by atoms with Crippen LogP contribution in [0.1, 0.15) is 0 Å². The number of aromatic amines is 1. The van der Waals surface area contributed by atoms with Crippen molar-refractivity contribution < 1.29 is 0 Å². The first-order valence-corrected chi connectivity index (χ1v) is 2.10. The van der Waals surface area contributed by atoms with Gasteiger partial charge in [-0.3, -0.25) is 5.10 Å². The smallest absolute Gasteiger partial charge is 0.0721 e. The molecule has 0 atom stereocenters. The lowest BCUT2D eigenvalue weighted by Crippen LogP contribution is -1.81. The summed E-state index contributed by atoms with van der Waals surface area (Å²) in [7, 11) is 1.85. The molecule has 0 saturated heterocycles. The van der Waals surface area contributed by atoms with Crippen molar-refractivity contribution in [3.05, 3.63) is 12.4 Å². The fourth-order valence-corrected chi connectivity index (χ4v) is 0.388. The highest BCUT2D eigenvalue weighted by Gasteiger charge is 1.80. The molecule has 0 radical (unpaired) electrons. The molecule has 1 aromatic heterocycles. The average Bonchev–Trinajstić information content (AvgIpc) is 2.14. The van der Waals surface area contributed by atoms with Gasteiger partial charge in [-0.1, -0.05) is 0 Å². The topological polar surface area (TPSA) is 40.7 Å². The Balaban J connectivity index is 2.76. The second-order valence-electron chi connectivity index (χ2n) is 1.24. The van der Waals surface area contributed by atoms with Crippen LogP contribution in [0.4, 0.5) is 5.69 Å². The standard InChI is InChI=1S/C4H7N3/c1-5-4-2-6-7-3-4/h2-3,5H,1H3,(H,6,7). The SMILES string of the molecule is CNc1cn[nH]c1. The molecule has 0 spiro atoms. The lowest BCUT2D eigenvalue weighted by atomic mass is 10.6. The van der Waals surface area contributed by atoms with Crippen molar-refractivity contribution >= 4 is 5.69 Å². The van der Waals surface area contributed by atoms with Gasteiger partial charge >= 0.3 is 0 Å². The van der Waals surface area contributed by atoms with E-state index in [9.17, 15) is 0 Å². The zero-order valence-electron chi connectivity index (χ0n) is 4.10. The predicted octanol–water partition coefficient (Wildman–Crippen LogP) is 0.451. The first-order valence-electron chi connectivity index (χ1n) is 2.10. The molecule has 3 nitrogen and oxygen atoms in total. The van der Waals surface area contributed by atoms with Crippen LogP contribution < -0.4 is 5.32 Å². The zero-order valence-corrected chi connectivity index (χ0v) is 4.10. The van der Waals surface area contributed by atoms with E-state index in [4.69, 9.17) is 0 Å². The predicted molar refractivity (Wildman–Crippen MR) is 28.1 cm³/mol. The van der Waals surface area contributed by atoms with Gasteiger partial charge in [0.2, 0.25) is 0 Å². The lowest BCUT2D eigenvalue weighted by Gasteiger charge is -1.84. The largest absolute Gasteiger partial charge is 0.386 e. The van der Waals surface area contributed by atoms with Crippen LogP contribution in [0.5, 0.6) is 0 Å². The molecule has 0 saturated carbocycles. The van der Waals surface area contributed by atoms with Crippen LogP contribution in [0.3, 0.4) is 0 Å². The number of hydrogen-bond donors (Lipinski definition) is 2. The van der Waals surface area contributed by atoms with Crippen LogP contribution >= 0.6 is 0 Å². The maximum Gasteiger partial charge on any atom is 0.0721 e. The number of nitrogens with zero attached hydrogens (tertiary/aromatic N) is 1. The lowest BCUT2D eigenvalue weighted by molar-refractivity contribution is 1.09. The van der Waals surface area contributed by atoms with Crippen LogP contribution in [0.25, 0.3) is 0 Å². The van der Waals surface area contributed by atoms with E-state index in [1.54, 1.807) is 12.4 Å². The maximum atomic E-state index is 3.71. The number of anilines is 1. The van der Waals surface area contributed by atoms with Crippen LogP contribution in [-0.2, 0) is 0 Å². The Labute approximate surface area is 41.7 Å². The molecule has 38 valence electrons. The summed E-state index contributed by atoms with van der Waals surface area (Å²) in [4.78, 5) is 0. The minimum absolute atomic E-state index is 1.01. The molecule has 0 aliphatic heterocycles. The summed E-state index contributed by atoms with van der Waals surface area (Å²) in [6, 6.07) is 0. The van der Waals surface area contributed by atoms with Gasteiger partial charge in [-0.25, -0.2) is 0 Å². The molecule has 0 fully saturated rings. The minimum Gasteiger partial charge on any atom is -0.386 e. The van der Waals surface area contributed by atoms with Crippen molar-refractivity contribution in [3.8, 4) is 0 Å². The van der Waals surface area contributed by atoms with E-state index in [0.717, 1.165) is 5.69 Å². The van der Waals surface area contributed by atoms with E-state index < -0.39 is 0 Å². The van der Waals surface area contributed by atoms with E-state index >= 15 is 0 Å². The number of hydrogen-bond acceptors (Lipinski definition) is 2. The summed E-state index contributed by atoms with van der Waals surface area (Å²) in [6.45, 7) is 0. The van der Waals surface area contributed by atoms with Gasteiger partial charge in [0.05, 0.1) is 11.9 Å². The van der Waals surface area contributed by atoms with Crippen molar-refractivity contribution in [2.24, 2.45) is 0 Å². The molecule has 1 rings (SSSR count). The fourth-order valence-electron chi connectivity index (χ4n) is 0.388. The first-order chi connectivity index (χ1) is 3.43. The normalized spacial score (nSPS) is 8.71. The maximum absolute atomic E-state index is 3.71. The third-order valence-electron chi connectivity index (χ3n) is 0.787. The molecule has 0 unspecified atom stereocenters. The Kier molecular flexibility index (Phi) is 0.978. The molecule has 3 heteroatoms. The third kappa shape index (κ3) is 0.707. The van der Waals surface area contributed by atoms with Crippen LogP contribution in [0, 0.1) is 0 Å². The van der Waals surface area contributed by atoms with Gasteiger partial charge in [0.15, 0.2) is 0 Å². The highest BCUT2D eigenvalue weighted by molar-refractivity contribution is 5.35. The summed E-state index contributed by atoms with van der Waals surface area (Å²) in [5, 5.41) is 9.29. The van der Waals surface area contributed by atoms with Crippen LogP contribution in [0.15, 0.2) is 12.4 Å². The number of rotatable bonds is 1. The second kappa shape index (κ2) is 1.64. The minimum atomic E-state index is 1.01. The van der Waals surface area contributed by atoms with Gasteiger partial charge in [-0.15, -0.1) is 0 Å². The molecule has 0 amide bonds. The van der Waals surface area contributed by atoms with Gasteiger partial charge in [-0.2, -0.15) is 5.10 Å². The van der Waals surface area contributed by atoms with Gasteiger partial charge in [0.1, 0.15) is 0 Å². The van der Waals surface area contributed by atoms with E-state index in [0.29, 0.717) is 0 Å².